The Balaban J connectivity index is 2.39. The van der Waals surface area contributed by atoms with Crippen LogP contribution >= 0.6 is 0 Å². The minimum absolute atomic E-state index is 0.0382. The van der Waals surface area contributed by atoms with Gasteiger partial charge in [-0.25, -0.2) is 0 Å². The van der Waals surface area contributed by atoms with Gasteiger partial charge in [0.15, 0.2) is 0 Å². The van der Waals surface area contributed by atoms with E-state index in [2.05, 4.69) is 5.32 Å². The molecule has 0 fully saturated rings. The predicted octanol–water partition coefficient (Wildman–Crippen LogP) is 2.57. The summed E-state index contributed by atoms with van der Waals surface area (Å²) in [6, 6.07) is 11.5. The Morgan fingerprint density at radius 2 is 1.82 bits per heavy atom. The maximum atomic E-state index is 12.7. The summed E-state index contributed by atoms with van der Waals surface area (Å²) in [5, 5.41) is 2.82. The first-order chi connectivity index (χ1) is 10.4. The number of pyridine rings is 1. The molecule has 5 nitrogen and oxygen atoms in total. The second-order valence-electron chi connectivity index (χ2n) is 5.64. The highest BCUT2D eigenvalue weighted by Gasteiger charge is 2.26. The summed E-state index contributed by atoms with van der Waals surface area (Å²) < 4.78 is 1.53. The van der Waals surface area contributed by atoms with E-state index in [1.807, 2.05) is 26.8 Å². The van der Waals surface area contributed by atoms with Crippen molar-refractivity contribution in [2.75, 3.05) is 11.1 Å². The Labute approximate surface area is 129 Å². The molecule has 1 aromatic heterocycles. The number of amides is 1. The zero-order valence-corrected chi connectivity index (χ0v) is 13.0. The van der Waals surface area contributed by atoms with Crippen molar-refractivity contribution in [3.8, 4) is 0 Å². The maximum absolute atomic E-state index is 12.7. The number of nitrogens with two attached hydrogens (primary N) is 1. The first-order valence-corrected chi connectivity index (χ1v) is 7.25. The number of anilines is 2. The molecule has 116 valence electrons. The quantitative estimate of drug-likeness (QED) is 0.852. The molecule has 1 amide bonds. The first kappa shape index (κ1) is 15.8. The minimum Gasteiger partial charge on any atom is -0.397 e. The highest BCUT2D eigenvalue weighted by molar-refractivity contribution is 5.96. The number of hydrogen-bond acceptors (Lipinski definition) is 3. The first-order valence-electron chi connectivity index (χ1n) is 7.25. The van der Waals surface area contributed by atoms with E-state index in [0.29, 0.717) is 11.4 Å². The third kappa shape index (κ3) is 3.19. The van der Waals surface area contributed by atoms with Crippen molar-refractivity contribution < 1.29 is 4.79 Å². The van der Waals surface area contributed by atoms with Crippen molar-refractivity contribution in [1.29, 1.82) is 0 Å². The van der Waals surface area contributed by atoms with E-state index in [4.69, 9.17) is 5.73 Å². The Kier molecular flexibility index (Phi) is 4.65. The maximum Gasteiger partial charge on any atom is 0.251 e. The Morgan fingerprint density at radius 1 is 1.14 bits per heavy atom. The SMILES string of the molecule is Cc1cccc(=O)n1C(C(=O)Nc1ccccc1N)C(C)C. The van der Waals surface area contributed by atoms with Crippen LogP contribution in [0, 0.1) is 12.8 Å². The number of hydrogen-bond donors (Lipinski definition) is 2. The molecule has 0 saturated heterocycles. The lowest BCUT2D eigenvalue weighted by Gasteiger charge is -2.24. The number of nitrogen functional groups attached to an aromatic ring is 1. The predicted molar refractivity (Wildman–Crippen MR) is 88.8 cm³/mol. The number of rotatable bonds is 4. The molecule has 1 heterocycles. The lowest BCUT2D eigenvalue weighted by molar-refractivity contribution is -0.120. The van der Waals surface area contributed by atoms with Crippen LogP contribution in [0.15, 0.2) is 47.3 Å². The molecular formula is C17H21N3O2. The van der Waals surface area contributed by atoms with Crippen molar-refractivity contribution in [2.45, 2.75) is 26.8 Å². The Bertz CT molecular complexity index is 735. The fraction of sp³-hybridized carbons (Fsp3) is 0.294. The smallest absolute Gasteiger partial charge is 0.251 e. The van der Waals surface area contributed by atoms with Gasteiger partial charge in [-0.05, 0) is 31.0 Å². The van der Waals surface area contributed by atoms with Crippen LogP contribution < -0.4 is 16.6 Å². The van der Waals surface area contributed by atoms with Crippen LogP contribution in [-0.4, -0.2) is 10.5 Å². The normalized spacial score (nSPS) is 12.2. The second kappa shape index (κ2) is 6.47. The average molecular weight is 299 g/mol. The third-order valence-corrected chi connectivity index (χ3v) is 3.59. The van der Waals surface area contributed by atoms with Gasteiger partial charge < -0.3 is 15.6 Å². The summed E-state index contributed by atoms with van der Waals surface area (Å²) in [4.78, 5) is 24.9. The lowest BCUT2D eigenvalue weighted by atomic mass is 10.0. The number of aryl methyl sites for hydroxylation is 1. The zero-order valence-electron chi connectivity index (χ0n) is 13.0. The zero-order chi connectivity index (χ0) is 16.3. The molecule has 0 saturated carbocycles. The highest BCUT2D eigenvalue weighted by atomic mass is 16.2. The van der Waals surface area contributed by atoms with Gasteiger partial charge in [0.2, 0.25) is 5.91 Å². The van der Waals surface area contributed by atoms with E-state index in [9.17, 15) is 9.59 Å². The fourth-order valence-corrected chi connectivity index (χ4v) is 2.50. The van der Waals surface area contributed by atoms with E-state index in [-0.39, 0.29) is 17.4 Å². The number of benzene rings is 1. The molecule has 2 rings (SSSR count). The molecule has 0 aliphatic carbocycles. The van der Waals surface area contributed by atoms with Gasteiger partial charge >= 0.3 is 0 Å². The number of nitrogens with zero attached hydrogens (tertiary/aromatic N) is 1. The number of carbonyl (C=O) groups is 1. The van der Waals surface area contributed by atoms with Crippen molar-refractivity contribution in [1.82, 2.24) is 4.57 Å². The van der Waals surface area contributed by atoms with Crippen molar-refractivity contribution in [3.63, 3.8) is 0 Å². The largest absolute Gasteiger partial charge is 0.397 e. The molecule has 3 N–H and O–H groups in total. The molecule has 0 aliphatic rings. The Morgan fingerprint density at radius 3 is 2.41 bits per heavy atom. The van der Waals surface area contributed by atoms with E-state index in [1.54, 1.807) is 30.3 Å². The fourth-order valence-electron chi connectivity index (χ4n) is 2.50. The minimum atomic E-state index is -0.590. The van der Waals surface area contributed by atoms with E-state index >= 15 is 0 Å². The summed E-state index contributed by atoms with van der Waals surface area (Å²) in [6.45, 7) is 5.65. The van der Waals surface area contributed by atoms with Crippen LogP contribution in [0.3, 0.4) is 0 Å². The number of nitrogens with one attached hydrogen (secondary N) is 1. The molecule has 1 atom stereocenters. The molecule has 0 bridgehead atoms. The van der Waals surface area contributed by atoms with Crippen molar-refractivity contribution in [3.05, 3.63) is 58.5 Å². The summed E-state index contributed by atoms with van der Waals surface area (Å²) >= 11 is 0. The Hall–Kier alpha value is -2.56. The van der Waals surface area contributed by atoms with Gasteiger partial charge in [0, 0.05) is 11.8 Å². The van der Waals surface area contributed by atoms with Crippen LogP contribution in [-0.2, 0) is 4.79 Å². The molecule has 1 unspecified atom stereocenters. The summed E-state index contributed by atoms with van der Waals surface area (Å²) in [5.41, 5.74) is 7.48. The van der Waals surface area contributed by atoms with Crippen LogP contribution in [0.2, 0.25) is 0 Å². The average Bonchev–Trinajstić information content (AvgIpc) is 2.45. The monoisotopic (exact) mass is 299 g/mol. The summed E-state index contributed by atoms with van der Waals surface area (Å²) in [7, 11) is 0. The molecule has 0 radical (unpaired) electrons. The molecule has 22 heavy (non-hydrogen) atoms. The van der Waals surface area contributed by atoms with Crippen LogP contribution in [0.1, 0.15) is 25.6 Å². The number of aromatic nitrogens is 1. The van der Waals surface area contributed by atoms with Gasteiger partial charge in [0.25, 0.3) is 5.56 Å². The van der Waals surface area contributed by atoms with E-state index < -0.39 is 6.04 Å². The van der Waals surface area contributed by atoms with Crippen molar-refractivity contribution >= 4 is 17.3 Å². The second-order valence-corrected chi connectivity index (χ2v) is 5.64. The topological polar surface area (TPSA) is 77.1 Å². The molecule has 0 spiro atoms. The van der Waals surface area contributed by atoms with Gasteiger partial charge in [-0.15, -0.1) is 0 Å². The lowest BCUT2D eigenvalue weighted by Crippen LogP contribution is -2.37. The van der Waals surface area contributed by atoms with E-state index in [1.165, 1.54) is 10.6 Å². The van der Waals surface area contributed by atoms with Crippen LogP contribution in [0.4, 0.5) is 11.4 Å². The van der Waals surface area contributed by atoms with E-state index in [0.717, 1.165) is 5.69 Å². The van der Waals surface area contributed by atoms with Gasteiger partial charge in [0.1, 0.15) is 6.04 Å². The standard InChI is InChI=1S/C17H21N3O2/c1-11(2)16(20-12(3)7-6-10-15(20)21)17(22)19-14-9-5-4-8-13(14)18/h4-11,16H,18H2,1-3H3,(H,19,22). The summed E-state index contributed by atoms with van der Waals surface area (Å²) in [6.07, 6.45) is 0. The van der Waals surface area contributed by atoms with Crippen molar-refractivity contribution in [2.24, 2.45) is 5.92 Å². The van der Waals surface area contributed by atoms with Gasteiger partial charge in [-0.2, -0.15) is 0 Å². The number of para-hydroxylation sites is 2. The van der Waals surface area contributed by atoms with Gasteiger partial charge in [0.05, 0.1) is 11.4 Å². The molecule has 0 aliphatic heterocycles. The van der Waals surface area contributed by atoms with Gasteiger partial charge in [-0.3, -0.25) is 9.59 Å². The summed E-state index contributed by atoms with van der Waals surface area (Å²) in [5.74, 6) is -0.284. The number of carbonyl (C=O) groups excluding carboxylic acids is 1. The van der Waals surface area contributed by atoms with Crippen LogP contribution in [0.25, 0.3) is 0 Å². The molecular weight excluding hydrogens is 278 g/mol. The molecule has 1 aromatic carbocycles. The highest BCUT2D eigenvalue weighted by Crippen LogP contribution is 2.23. The molecule has 5 heteroatoms. The molecule has 2 aromatic rings. The van der Waals surface area contributed by atoms with Gasteiger partial charge in [-0.1, -0.05) is 32.0 Å². The third-order valence-electron chi connectivity index (χ3n) is 3.59. The van der Waals surface area contributed by atoms with Crippen LogP contribution in [0.5, 0.6) is 0 Å².